The van der Waals surface area contributed by atoms with E-state index in [4.69, 9.17) is 15.5 Å². The maximum absolute atomic E-state index is 13.2. The van der Waals surface area contributed by atoms with Gasteiger partial charge in [-0.2, -0.15) is 5.10 Å². The third-order valence-electron chi connectivity index (χ3n) is 4.79. The van der Waals surface area contributed by atoms with Crippen LogP contribution in [0.2, 0.25) is 0 Å². The van der Waals surface area contributed by atoms with Crippen LogP contribution >= 0.6 is 24.8 Å². The third kappa shape index (κ3) is 5.22. The molecule has 9 heteroatoms. The molecule has 170 valence electrons. The van der Waals surface area contributed by atoms with Crippen molar-refractivity contribution >= 4 is 53.1 Å². The number of methoxy groups -OCH3 is 1. The molecule has 3 N–H and O–H groups in total. The van der Waals surface area contributed by atoms with Gasteiger partial charge in [0.1, 0.15) is 5.75 Å². The Morgan fingerprint density at radius 1 is 1.19 bits per heavy atom. The number of hydrogen-bond acceptors (Lipinski definition) is 5. The lowest BCUT2D eigenvalue weighted by Gasteiger charge is -2.20. The summed E-state index contributed by atoms with van der Waals surface area (Å²) in [5, 5.41) is 8.40. The first-order valence-electron chi connectivity index (χ1n) is 9.68. The molecule has 1 aromatic carbocycles. The summed E-state index contributed by atoms with van der Waals surface area (Å²) in [4.78, 5) is 18.1. The van der Waals surface area contributed by atoms with Crippen molar-refractivity contribution in [1.29, 1.82) is 0 Å². The van der Waals surface area contributed by atoms with E-state index in [1.165, 1.54) is 0 Å². The number of amides is 1. The molecule has 0 aliphatic rings. The lowest BCUT2D eigenvalue weighted by atomic mass is 10.0. The van der Waals surface area contributed by atoms with Crippen LogP contribution in [0.25, 0.3) is 11.0 Å². The Hall–Kier alpha value is -2.51. The number of carbonyl (C=O) groups is 1. The van der Waals surface area contributed by atoms with E-state index in [0.717, 1.165) is 22.4 Å². The van der Waals surface area contributed by atoms with Gasteiger partial charge in [0.25, 0.3) is 5.91 Å². The minimum absolute atomic E-state index is 0. The highest BCUT2D eigenvalue weighted by molar-refractivity contribution is 6.12. The monoisotopic (exact) mass is 467 g/mol. The molecule has 0 unspecified atom stereocenters. The molecular formula is C22H31Cl2N5O2. The van der Waals surface area contributed by atoms with Crippen molar-refractivity contribution in [2.45, 2.75) is 53.0 Å². The van der Waals surface area contributed by atoms with E-state index in [0.29, 0.717) is 22.7 Å². The number of aryl methyl sites for hydroxylation is 1. The predicted octanol–water partition coefficient (Wildman–Crippen LogP) is 5.30. The van der Waals surface area contributed by atoms with Crippen molar-refractivity contribution < 1.29 is 9.53 Å². The standard InChI is InChI=1S/C22H29N5O2.2ClH/c1-12(2)17-11-15(19-13(3)26-27(20(19)25-17)22(4,5)6)21(28)24-14-8-9-18(29-7)16(23)10-14;;/h8-12H,23H2,1-7H3,(H,24,28);2*1H. The molecule has 31 heavy (non-hydrogen) atoms. The quantitative estimate of drug-likeness (QED) is 0.507. The molecule has 0 atom stereocenters. The zero-order chi connectivity index (χ0) is 21.5. The summed E-state index contributed by atoms with van der Waals surface area (Å²) in [6.07, 6.45) is 0. The Labute approximate surface area is 195 Å². The Kier molecular flexibility index (Phi) is 8.34. The van der Waals surface area contributed by atoms with E-state index in [1.54, 1.807) is 25.3 Å². The molecule has 0 aliphatic carbocycles. The number of fused-ring (bicyclic) bond motifs is 1. The van der Waals surface area contributed by atoms with E-state index in [-0.39, 0.29) is 42.2 Å². The van der Waals surface area contributed by atoms with Crippen molar-refractivity contribution in [3.63, 3.8) is 0 Å². The number of nitrogens with zero attached hydrogens (tertiary/aromatic N) is 3. The number of nitrogens with one attached hydrogen (secondary N) is 1. The van der Waals surface area contributed by atoms with Crippen molar-refractivity contribution in [3.8, 4) is 5.75 Å². The van der Waals surface area contributed by atoms with E-state index < -0.39 is 0 Å². The smallest absolute Gasteiger partial charge is 0.256 e. The van der Waals surface area contributed by atoms with E-state index in [1.807, 2.05) is 17.7 Å². The number of anilines is 2. The molecule has 0 saturated carbocycles. The van der Waals surface area contributed by atoms with Gasteiger partial charge in [0.05, 0.1) is 35.0 Å². The summed E-state index contributed by atoms with van der Waals surface area (Å²) < 4.78 is 7.08. The van der Waals surface area contributed by atoms with Gasteiger partial charge in [0.15, 0.2) is 5.65 Å². The van der Waals surface area contributed by atoms with Crippen LogP contribution in [0, 0.1) is 6.92 Å². The first-order valence-corrected chi connectivity index (χ1v) is 9.68. The lowest BCUT2D eigenvalue weighted by Crippen LogP contribution is -2.24. The van der Waals surface area contributed by atoms with Gasteiger partial charge in [-0.3, -0.25) is 4.79 Å². The number of aromatic nitrogens is 3. The fourth-order valence-electron chi connectivity index (χ4n) is 3.26. The fourth-order valence-corrected chi connectivity index (χ4v) is 3.26. The molecule has 1 amide bonds. The van der Waals surface area contributed by atoms with Crippen molar-refractivity contribution in [2.75, 3.05) is 18.2 Å². The van der Waals surface area contributed by atoms with Crippen molar-refractivity contribution in [2.24, 2.45) is 0 Å². The summed E-state index contributed by atoms with van der Waals surface area (Å²) >= 11 is 0. The maximum atomic E-state index is 13.2. The Bertz CT molecular complexity index is 1090. The molecular weight excluding hydrogens is 437 g/mol. The molecule has 0 radical (unpaired) electrons. The van der Waals surface area contributed by atoms with Crippen LogP contribution in [0.4, 0.5) is 11.4 Å². The van der Waals surface area contributed by atoms with Crippen molar-refractivity contribution in [1.82, 2.24) is 14.8 Å². The molecule has 3 rings (SSSR count). The number of carbonyl (C=O) groups excluding carboxylic acids is 1. The lowest BCUT2D eigenvalue weighted by molar-refractivity contribution is 0.102. The van der Waals surface area contributed by atoms with Gasteiger partial charge in [-0.15, -0.1) is 24.8 Å². The largest absolute Gasteiger partial charge is 0.495 e. The Morgan fingerprint density at radius 3 is 2.35 bits per heavy atom. The van der Waals surface area contributed by atoms with Gasteiger partial charge in [0, 0.05) is 11.4 Å². The molecule has 2 aromatic heterocycles. The zero-order valence-electron chi connectivity index (χ0n) is 18.9. The highest BCUT2D eigenvalue weighted by Gasteiger charge is 2.25. The van der Waals surface area contributed by atoms with Gasteiger partial charge >= 0.3 is 0 Å². The van der Waals surface area contributed by atoms with Crippen LogP contribution in [-0.2, 0) is 5.54 Å². The molecule has 3 aromatic rings. The normalized spacial score (nSPS) is 11.1. The predicted molar refractivity (Wildman–Crippen MR) is 131 cm³/mol. The molecule has 0 bridgehead atoms. The van der Waals surface area contributed by atoms with Crippen LogP contribution in [0.5, 0.6) is 5.75 Å². The second-order valence-electron chi connectivity index (χ2n) is 8.53. The highest BCUT2D eigenvalue weighted by atomic mass is 35.5. The topological polar surface area (TPSA) is 95.1 Å². The second-order valence-corrected chi connectivity index (χ2v) is 8.53. The summed E-state index contributed by atoms with van der Waals surface area (Å²) in [6, 6.07) is 7.04. The summed E-state index contributed by atoms with van der Waals surface area (Å²) in [6.45, 7) is 12.2. The second kappa shape index (κ2) is 9.75. The average molecular weight is 468 g/mol. The van der Waals surface area contributed by atoms with Crippen LogP contribution in [0.3, 0.4) is 0 Å². The van der Waals surface area contributed by atoms with Crippen LogP contribution in [0.15, 0.2) is 24.3 Å². The molecule has 0 spiro atoms. The van der Waals surface area contributed by atoms with Gasteiger partial charge in [0.2, 0.25) is 0 Å². The SMILES string of the molecule is COc1ccc(NC(=O)c2cc(C(C)C)nc3c2c(C)nn3C(C)(C)C)cc1N.Cl.Cl. The minimum Gasteiger partial charge on any atom is -0.495 e. The zero-order valence-corrected chi connectivity index (χ0v) is 20.6. The number of benzene rings is 1. The Balaban J connectivity index is 0.00000240. The third-order valence-corrected chi connectivity index (χ3v) is 4.79. The summed E-state index contributed by atoms with van der Waals surface area (Å²) in [5.41, 5.74) is 9.69. The molecule has 7 nitrogen and oxygen atoms in total. The number of hydrogen-bond donors (Lipinski definition) is 2. The average Bonchev–Trinajstić information content (AvgIpc) is 2.98. The number of nitrogen functional groups attached to an aromatic ring is 1. The fraction of sp³-hybridized carbons (Fsp3) is 0.409. The number of nitrogens with two attached hydrogens (primary N) is 1. The van der Waals surface area contributed by atoms with Crippen molar-refractivity contribution in [3.05, 3.63) is 41.2 Å². The Morgan fingerprint density at radius 2 is 1.84 bits per heavy atom. The molecule has 0 fully saturated rings. The first kappa shape index (κ1) is 26.5. The number of pyridine rings is 1. The van der Waals surface area contributed by atoms with E-state index in [2.05, 4.69) is 45.0 Å². The number of halogens is 2. The number of ether oxygens (including phenoxy) is 1. The maximum Gasteiger partial charge on any atom is 0.256 e. The molecule has 0 aliphatic heterocycles. The first-order chi connectivity index (χ1) is 13.5. The minimum atomic E-state index is -0.257. The van der Waals surface area contributed by atoms with Gasteiger partial charge < -0.3 is 15.8 Å². The van der Waals surface area contributed by atoms with Gasteiger partial charge in [-0.05, 0) is 57.9 Å². The summed E-state index contributed by atoms with van der Waals surface area (Å²) in [5.74, 6) is 0.519. The molecule has 2 heterocycles. The highest BCUT2D eigenvalue weighted by Crippen LogP contribution is 2.30. The van der Waals surface area contributed by atoms with Gasteiger partial charge in [-0.25, -0.2) is 9.67 Å². The van der Waals surface area contributed by atoms with E-state index >= 15 is 0 Å². The van der Waals surface area contributed by atoms with Gasteiger partial charge in [-0.1, -0.05) is 13.8 Å². The van der Waals surface area contributed by atoms with Crippen LogP contribution < -0.4 is 15.8 Å². The van der Waals surface area contributed by atoms with Crippen LogP contribution in [-0.4, -0.2) is 27.8 Å². The van der Waals surface area contributed by atoms with E-state index in [9.17, 15) is 4.79 Å². The summed E-state index contributed by atoms with van der Waals surface area (Å²) in [7, 11) is 1.56. The number of rotatable bonds is 4. The van der Waals surface area contributed by atoms with Crippen LogP contribution in [0.1, 0.15) is 62.3 Å². The molecule has 0 saturated heterocycles.